The van der Waals surface area contributed by atoms with Crippen molar-refractivity contribution in [1.29, 1.82) is 0 Å². The van der Waals surface area contributed by atoms with E-state index in [4.69, 9.17) is 10.9 Å². The van der Waals surface area contributed by atoms with Gasteiger partial charge in [0.25, 0.3) is 0 Å². The van der Waals surface area contributed by atoms with E-state index in [9.17, 15) is 4.79 Å². The molecule has 0 bridgehead atoms. The molecule has 17 heavy (non-hydrogen) atoms. The maximum Gasteiger partial charge on any atom is 0.230 e. The van der Waals surface area contributed by atoms with Gasteiger partial charge in [0.15, 0.2) is 5.84 Å². The molecule has 4 N–H and O–H groups in total. The van der Waals surface area contributed by atoms with E-state index in [2.05, 4.69) is 15.5 Å². The summed E-state index contributed by atoms with van der Waals surface area (Å²) < 4.78 is 0. The molecule has 0 saturated carbocycles. The molecule has 92 valence electrons. The van der Waals surface area contributed by atoms with Crippen LogP contribution in [0.5, 0.6) is 0 Å². The second-order valence-electron chi connectivity index (χ2n) is 3.08. The number of pyridine rings is 1. The Bertz CT molecular complexity index is 423. The lowest BCUT2D eigenvalue weighted by Gasteiger charge is -2.06. The van der Waals surface area contributed by atoms with Crippen molar-refractivity contribution in [3.05, 3.63) is 23.9 Å². The molecule has 0 atom stereocenters. The third-order valence-electron chi connectivity index (χ3n) is 1.87. The van der Waals surface area contributed by atoms with Crippen LogP contribution >= 0.6 is 11.8 Å². The molecule has 0 unspecified atom stereocenters. The first-order valence-electron chi connectivity index (χ1n) is 5.01. The lowest BCUT2D eigenvalue weighted by Crippen LogP contribution is -2.24. The van der Waals surface area contributed by atoms with Gasteiger partial charge in [-0.15, -0.1) is 0 Å². The van der Waals surface area contributed by atoms with Crippen LogP contribution in [0.2, 0.25) is 0 Å². The topological polar surface area (TPSA) is 101 Å². The summed E-state index contributed by atoms with van der Waals surface area (Å²) in [4.78, 5) is 15.4. The van der Waals surface area contributed by atoms with Gasteiger partial charge in [-0.1, -0.05) is 16.9 Å². The number of carbonyl (C=O) groups excluding carboxylic acids is 1. The van der Waals surface area contributed by atoms with Crippen molar-refractivity contribution >= 4 is 23.5 Å². The zero-order valence-corrected chi connectivity index (χ0v) is 10.2. The summed E-state index contributed by atoms with van der Waals surface area (Å²) >= 11 is 1.24. The highest BCUT2D eigenvalue weighted by atomic mass is 32.2. The van der Waals surface area contributed by atoms with Crippen LogP contribution in [0.4, 0.5) is 0 Å². The quantitative estimate of drug-likeness (QED) is 0.232. The van der Waals surface area contributed by atoms with Gasteiger partial charge >= 0.3 is 0 Å². The zero-order valence-electron chi connectivity index (χ0n) is 9.38. The van der Waals surface area contributed by atoms with Gasteiger partial charge in [-0.05, 0) is 19.1 Å². The fourth-order valence-corrected chi connectivity index (χ4v) is 1.97. The van der Waals surface area contributed by atoms with Crippen LogP contribution in [0.15, 0.2) is 28.5 Å². The molecule has 7 heteroatoms. The summed E-state index contributed by atoms with van der Waals surface area (Å²) in [6, 6.07) is 3.37. The number of rotatable bonds is 5. The summed E-state index contributed by atoms with van der Waals surface area (Å²) in [5.41, 5.74) is 6.02. The summed E-state index contributed by atoms with van der Waals surface area (Å²) in [6.45, 7) is 2.44. The summed E-state index contributed by atoms with van der Waals surface area (Å²) in [6.07, 6.45) is 1.59. The van der Waals surface area contributed by atoms with E-state index >= 15 is 0 Å². The Morgan fingerprint density at radius 1 is 1.71 bits per heavy atom. The first-order valence-corrected chi connectivity index (χ1v) is 6.00. The highest BCUT2D eigenvalue weighted by molar-refractivity contribution is 8.00. The van der Waals surface area contributed by atoms with Gasteiger partial charge in [-0.25, -0.2) is 4.98 Å². The van der Waals surface area contributed by atoms with Crippen molar-refractivity contribution in [2.45, 2.75) is 11.9 Å². The normalized spacial score (nSPS) is 11.2. The zero-order chi connectivity index (χ0) is 12.7. The first kappa shape index (κ1) is 13.3. The van der Waals surface area contributed by atoms with E-state index in [0.717, 1.165) is 0 Å². The van der Waals surface area contributed by atoms with E-state index in [1.807, 2.05) is 6.92 Å². The van der Waals surface area contributed by atoms with Crippen molar-refractivity contribution in [3.63, 3.8) is 0 Å². The second-order valence-corrected chi connectivity index (χ2v) is 4.05. The van der Waals surface area contributed by atoms with Gasteiger partial charge in [0.05, 0.1) is 11.3 Å². The average molecular weight is 254 g/mol. The molecule has 1 aromatic rings. The first-order chi connectivity index (χ1) is 8.19. The fourth-order valence-electron chi connectivity index (χ4n) is 1.14. The summed E-state index contributed by atoms with van der Waals surface area (Å²) in [7, 11) is 0. The predicted octanol–water partition coefficient (Wildman–Crippen LogP) is 0.404. The van der Waals surface area contributed by atoms with Crippen molar-refractivity contribution in [2.75, 3.05) is 12.3 Å². The van der Waals surface area contributed by atoms with Crippen molar-refractivity contribution < 1.29 is 10.0 Å². The van der Waals surface area contributed by atoms with Gasteiger partial charge in [-0.3, -0.25) is 4.79 Å². The van der Waals surface area contributed by atoms with Crippen LogP contribution in [0.3, 0.4) is 0 Å². The Balaban J connectivity index is 2.74. The summed E-state index contributed by atoms with van der Waals surface area (Å²) in [5, 5.41) is 14.8. The van der Waals surface area contributed by atoms with Crippen LogP contribution in [-0.4, -0.2) is 34.2 Å². The van der Waals surface area contributed by atoms with Gasteiger partial charge in [0.1, 0.15) is 5.03 Å². The van der Waals surface area contributed by atoms with E-state index in [1.54, 1.807) is 18.3 Å². The molecule has 0 aliphatic rings. The van der Waals surface area contributed by atoms with Crippen molar-refractivity contribution in [2.24, 2.45) is 10.9 Å². The number of carbonyl (C=O) groups is 1. The molecular formula is C10H14N4O2S. The Hall–Kier alpha value is -1.76. The molecule has 1 aromatic heterocycles. The molecule has 6 nitrogen and oxygen atoms in total. The minimum absolute atomic E-state index is 0.0171. The number of thioether (sulfide) groups is 1. The smallest absolute Gasteiger partial charge is 0.230 e. The average Bonchev–Trinajstić information content (AvgIpc) is 2.36. The minimum Gasteiger partial charge on any atom is -0.409 e. The molecule has 0 saturated heterocycles. The Morgan fingerprint density at radius 2 is 2.47 bits per heavy atom. The van der Waals surface area contributed by atoms with Crippen LogP contribution in [0, 0.1) is 0 Å². The predicted molar refractivity (Wildman–Crippen MR) is 66.2 cm³/mol. The molecule has 1 amide bonds. The molecule has 0 fully saturated rings. The maximum atomic E-state index is 11.3. The van der Waals surface area contributed by atoms with Crippen LogP contribution in [0.1, 0.15) is 12.5 Å². The third kappa shape index (κ3) is 3.95. The fraction of sp³-hybridized carbons (Fsp3) is 0.300. The van der Waals surface area contributed by atoms with Gasteiger partial charge in [0, 0.05) is 12.7 Å². The molecule has 0 aromatic carbocycles. The lowest BCUT2D eigenvalue weighted by molar-refractivity contribution is -0.118. The van der Waals surface area contributed by atoms with Crippen LogP contribution in [0.25, 0.3) is 0 Å². The standard InChI is InChI=1S/C10H14N4O2S/c1-2-12-8(15)6-17-10-7(9(11)14-16)4-3-5-13-10/h3-5,16H,2,6H2,1H3,(H2,11,14)(H,12,15). The van der Waals surface area contributed by atoms with Crippen molar-refractivity contribution in [3.8, 4) is 0 Å². The number of aromatic nitrogens is 1. The third-order valence-corrected chi connectivity index (χ3v) is 2.87. The Kier molecular flexibility index (Phi) is 5.28. The van der Waals surface area contributed by atoms with E-state index in [1.165, 1.54) is 11.8 Å². The van der Waals surface area contributed by atoms with Crippen molar-refractivity contribution in [1.82, 2.24) is 10.3 Å². The van der Waals surface area contributed by atoms with Gasteiger partial charge in [0.2, 0.25) is 5.91 Å². The number of amides is 1. The summed E-state index contributed by atoms with van der Waals surface area (Å²) in [5.74, 6) is 0.154. The molecule has 0 aliphatic carbocycles. The number of amidine groups is 1. The molecule has 1 heterocycles. The number of oxime groups is 1. The number of hydrogen-bond donors (Lipinski definition) is 3. The van der Waals surface area contributed by atoms with Gasteiger partial charge < -0.3 is 16.3 Å². The lowest BCUT2D eigenvalue weighted by atomic mass is 10.3. The largest absolute Gasteiger partial charge is 0.409 e. The SMILES string of the molecule is CCNC(=O)CSc1ncccc1/C(N)=N/O. The van der Waals surface area contributed by atoms with E-state index in [-0.39, 0.29) is 17.5 Å². The molecule has 0 radical (unpaired) electrons. The van der Waals surface area contributed by atoms with Crippen LogP contribution < -0.4 is 11.1 Å². The van der Waals surface area contributed by atoms with E-state index < -0.39 is 0 Å². The molecular weight excluding hydrogens is 240 g/mol. The van der Waals surface area contributed by atoms with Crippen LogP contribution in [-0.2, 0) is 4.79 Å². The Labute approximate surface area is 103 Å². The second kappa shape index (κ2) is 6.74. The highest BCUT2D eigenvalue weighted by Crippen LogP contribution is 2.19. The monoisotopic (exact) mass is 254 g/mol. The number of hydrogen-bond acceptors (Lipinski definition) is 5. The minimum atomic E-state index is -0.0754. The molecule has 0 aliphatic heterocycles. The van der Waals surface area contributed by atoms with E-state index in [0.29, 0.717) is 17.1 Å². The highest BCUT2D eigenvalue weighted by Gasteiger charge is 2.10. The molecule has 0 spiro atoms. The molecule has 1 rings (SSSR count). The Morgan fingerprint density at radius 3 is 3.12 bits per heavy atom. The van der Waals surface area contributed by atoms with Gasteiger partial charge in [-0.2, -0.15) is 0 Å². The number of nitrogens with zero attached hydrogens (tertiary/aromatic N) is 2. The maximum absolute atomic E-state index is 11.3. The number of nitrogens with two attached hydrogens (primary N) is 1. The number of nitrogens with one attached hydrogen (secondary N) is 1.